The van der Waals surface area contributed by atoms with Gasteiger partial charge in [0.2, 0.25) is 0 Å². The van der Waals surface area contributed by atoms with Crippen molar-refractivity contribution in [1.29, 1.82) is 0 Å². The molecule has 1 N–H and O–H groups in total. The maximum Gasteiger partial charge on any atom is 0.119 e. The zero-order valence-corrected chi connectivity index (χ0v) is 13.3. The van der Waals surface area contributed by atoms with Gasteiger partial charge in [0.15, 0.2) is 0 Å². The van der Waals surface area contributed by atoms with Crippen molar-refractivity contribution in [2.75, 3.05) is 12.4 Å². The normalized spacial score (nSPS) is 17.2. The van der Waals surface area contributed by atoms with Gasteiger partial charge in [-0.25, -0.2) is 0 Å². The molecule has 4 heteroatoms. The van der Waals surface area contributed by atoms with Crippen molar-refractivity contribution in [1.82, 2.24) is 0 Å². The van der Waals surface area contributed by atoms with E-state index >= 15 is 0 Å². The third-order valence-corrected chi connectivity index (χ3v) is 4.30. The van der Waals surface area contributed by atoms with Crippen LogP contribution in [-0.4, -0.2) is 7.11 Å². The first kappa shape index (κ1) is 14.6. The molecule has 0 bridgehead atoms. The smallest absolute Gasteiger partial charge is 0.119 e. The zero-order chi connectivity index (χ0) is 14.8. The third kappa shape index (κ3) is 3.28. The van der Waals surface area contributed by atoms with E-state index in [2.05, 4.69) is 17.4 Å². The fraction of sp³-hybridized carbons (Fsp3) is 0.294. The number of ether oxygens (including phenoxy) is 1. The van der Waals surface area contributed by atoms with Gasteiger partial charge in [-0.1, -0.05) is 29.3 Å². The molecule has 110 valence electrons. The van der Waals surface area contributed by atoms with Crippen LogP contribution in [-0.2, 0) is 6.42 Å². The van der Waals surface area contributed by atoms with Crippen LogP contribution in [0.5, 0.6) is 5.75 Å². The average Bonchev–Trinajstić information content (AvgIpc) is 2.46. The minimum Gasteiger partial charge on any atom is -0.497 e. The van der Waals surface area contributed by atoms with E-state index in [-0.39, 0.29) is 6.04 Å². The summed E-state index contributed by atoms with van der Waals surface area (Å²) in [6.07, 6.45) is 3.36. The summed E-state index contributed by atoms with van der Waals surface area (Å²) < 4.78 is 5.31. The number of methoxy groups -OCH3 is 1. The summed E-state index contributed by atoms with van der Waals surface area (Å²) in [5, 5.41) is 4.84. The van der Waals surface area contributed by atoms with Crippen LogP contribution in [0.1, 0.15) is 30.0 Å². The molecule has 3 rings (SSSR count). The number of nitrogens with one attached hydrogen (secondary N) is 1. The van der Waals surface area contributed by atoms with Gasteiger partial charge in [-0.2, -0.15) is 0 Å². The summed E-state index contributed by atoms with van der Waals surface area (Å²) in [5.74, 6) is 0.917. The predicted octanol–water partition coefficient (Wildman–Crippen LogP) is 5.49. The van der Waals surface area contributed by atoms with E-state index in [0.29, 0.717) is 10.0 Å². The Morgan fingerprint density at radius 1 is 1.10 bits per heavy atom. The molecular formula is C17H17Cl2NO. The van der Waals surface area contributed by atoms with Crippen LogP contribution < -0.4 is 10.1 Å². The van der Waals surface area contributed by atoms with Gasteiger partial charge in [-0.15, -0.1) is 0 Å². The standard InChI is InChI=1S/C17H17Cl2NO/c1-21-15-5-6-16-11(7-15)3-2-4-17(16)20-14-9-12(18)8-13(19)10-14/h5-10,17,20H,2-4H2,1H3. The Hall–Kier alpha value is -1.38. The quantitative estimate of drug-likeness (QED) is 0.806. The summed E-state index contributed by atoms with van der Waals surface area (Å²) in [6.45, 7) is 0. The van der Waals surface area contributed by atoms with Crippen LogP contribution in [0.4, 0.5) is 5.69 Å². The Morgan fingerprint density at radius 3 is 2.57 bits per heavy atom. The average molecular weight is 322 g/mol. The van der Waals surface area contributed by atoms with Gasteiger partial charge in [0.05, 0.1) is 13.2 Å². The molecule has 0 aromatic heterocycles. The molecule has 0 aliphatic heterocycles. The topological polar surface area (TPSA) is 21.3 Å². The van der Waals surface area contributed by atoms with Gasteiger partial charge in [-0.05, 0) is 60.7 Å². The Kier molecular flexibility index (Phi) is 4.27. The lowest BCUT2D eigenvalue weighted by molar-refractivity contribution is 0.413. The molecule has 0 radical (unpaired) electrons. The van der Waals surface area contributed by atoms with Crippen molar-refractivity contribution in [3.63, 3.8) is 0 Å². The minimum atomic E-state index is 0.286. The Labute approximate surface area is 135 Å². The molecule has 2 aromatic carbocycles. The summed E-state index contributed by atoms with van der Waals surface area (Å²) in [5.41, 5.74) is 3.64. The largest absolute Gasteiger partial charge is 0.497 e. The second kappa shape index (κ2) is 6.17. The first-order chi connectivity index (χ1) is 10.2. The van der Waals surface area contributed by atoms with E-state index in [9.17, 15) is 0 Å². The summed E-state index contributed by atoms with van der Waals surface area (Å²) in [7, 11) is 1.70. The summed E-state index contributed by atoms with van der Waals surface area (Å²) >= 11 is 12.1. The Balaban J connectivity index is 1.88. The second-order valence-corrected chi connectivity index (χ2v) is 6.18. The SMILES string of the molecule is COc1ccc2c(c1)CCCC2Nc1cc(Cl)cc(Cl)c1. The van der Waals surface area contributed by atoms with Gasteiger partial charge >= 0.3 is 0 Å². The summed E-state index contributed by atoms with van der Waals surface area (Å²) in [4.78, 5) is 0. The fourth-order valence-corrected chi connectivity index (χ4v) is 3.43. The van der Waals surface area contributed by atoms with E-state index in [0.717, 1.165) is 30.7 Å². The van der Waals surface area contributed by atoms with E-state index in [1.54, 1.807) is 13.2 Å². The Bertz CT molecular complexity index is 637. The molecule has 0 saturated carbocycles. The first-order valence-electron chi connectivity index (χ1n) is 7.05. The maximum absolute atomic E-state index is 6.07. The monoisotopic (exact) mass is 321 g/mol. The molecule has 1 aliphatic rings. The highest BCUT2D eigenvalue weighted by Gasteiger charge is 2.20. The number of aryl methyl sites for hydroxylation is 1. The molecule has 0 amide bonds. The number of hydrogen-bond donors (Lipinski definition) is 1. The molecule has 0 fully saturated rings. The first-order valence-corrected chi connectivity index (χ1v) is 7.81. The van der Waals surface area contributed by atoms with Gasteiger partial charge in [0.1, 0.15) is 5.75 Å². The van der Waals surface area contributed by atoms with Gasteiger partial charge in [0.25, 0.3) is 0 Å². The van der Waals surface area contributed by atoms with E-state index < -0.39 is 0 Å². The molecule has 2 nitrogen and oxygen atoms in total. The van der Waals surface area contributed by atoms with Crippen molar-refractivity contribution in [3.8, 4) is 5.75 Å². The molecule has 1 atom stereocenters. The van der Waals surface area contributed by atoms with Crippen LogP contribution in [0.2, 0.25) is 10.0 Å². The van der Waals surface area contributed by atoms with Crippen molar-refractivity contribution < 1.29 is 4.74 Å². The number of rotatable bonds is 3. The predicted molar refractivity (Wildman–Crippen MR) is 88.8 cm³/mol. The van der Waals surface area contributed by atoms with Crippen LogP contribution in [0.15, 0.2) is 36.4 Å². The molecule has 2 aromatic rings. The van der Waals surface area contributed by atoms with Crippen LogP contribution in [0, 0.1) is 0 Å². The van der Waals surface area contributed by atoms with Gasteiger partial charge in [-0.3, -0.25) is 0 Å². The lowest BCUT2D eigenvalue weighted by Crippen LogP contribution is -2.17. The molecule has 0 saturated heterocycles. The lowest BCUT2D eigenvalue weighted by Gasteiger charge is -2.27. The highest BCUT2D eigenvalue weighted by Crippen LogP contribution is 2.35. The lowest BCUT2D eigenvalue weighted by atomic mass is 9.87. The highest BCUT2D eigenvalue weighted by atomic mass is 35.5. The van der Waals surface area contributed by atoms with Crippen LogP contribution >= 0.6 is 23.2 Å². The Morgan fingerprint density at radius 2 is 1.86 bits per heavy atom. The molecule has 1 unspecified atom stereocenters. The van der Waals surface area contributed by atoms with Crippen molar-refractivity contribution in [2.45, 2.75) is 25.3 Å². The zero-order valence-electron chi connectivity index (χ0n) is 11.8. The molecule has 0 spiro atoms. The van der Waals surface area contributed by atoms with Crippen molar-refractivity contribution in [3.05, 3.63) is 57.6 Å². The van der Waals surface area contributed by atoms with Gasteiger partial charge in [0, 0.05) is 15.7 Å². The number of anilines is 1. The highest BCUT2D eigenvalue weighted by molar-refractivity contribution is 6.35. The molecule has 0 heterocycles. The number of halogens is 2. The molecular weight excluding hydrogens is 305 g/mol. The maximum atomic E-state index is 6.07. The van der Waals surface area contributed by atoms with E-state index in [1.807, 2.05) is 18.2 Å². The fourth-order valence-electron chi connectivity index (χ4n) is 2.91. The number of hydrogen-bond acceptors (Lipinski definition) is 2. The van der Waals surface area contributed by atoms with E-state index in [4.69, 9.17) is 27.9 Å². The summed E-state index contributed by atoms with van der Waals surface area (Å²) in [6, 6.07) is 12.1. The van der Waals surface area contributed by atoms with Crippen molar-refractivity contribution in [2.24, 2.45) is 0 Å². The molecule has 21 heavy (non-hydrogen) atoms. The third-order valence-electron chi connectivity index (χ3n) is 3.87. The van der Waals surface area contributed by atoms with E-state index in [1.165, 1.54) is 11.1 Å². The second-order valence-electron chi connectivity index (χ2n) is 5.31. The minimum absolute atomic E-state index is 0.286. The number of benzene rings is 2. The van der Waals surface area contributed by atoms with Crippen LogP contribution in [0.3, 0.4) is 0 Å². The van der Waals surface area contributed by atoms with Crippen LogP contribution in [0.25, 0.3) is 0 Å². The number of fused-ring (bicyclic) bond motifs is 1. The van der Waals surface area contributed by atoms with Crippen molar-refractivity contribution >= 4 is 28.9 Å². The molecule has 1 aliphatic carbocycles. The van der Waals surface area contributed by atoms with Gasteiger partial charge < -0.3 is 10.1 Å².